The molecule has 0 bridgehead atoms. The highest BCUT2D eigenvalue weighted by molar-refractivity contribution is 7.99. The average Bonchev–Trinajstić information content (AvgIpc) is 2.80. The van der Waals surface area contributed by atoms with E-state index >= 15 is 0 Å². The molecule has 1 amide bonds. The lowest BCUT2D eigenvalue weighted by Crippen LogP contribution is -2.29. The van der Waals surface area contributed by atoms with Crippen molar-refractivity contribution in [2.75, 3.05) is 19.3 Å². The summed E-state index contributed by atoms with van der Waals surface area (Å²) in [6.07, 6.45) is 1.33. The van der Waals surface area contributed by atoms with Crippen LogP contribution in [0.15, 0.2) is 58.5 Å². The van der Waals surface area contributed by atoms with Gasteiger partial charge in [0, 0.05) is 13.6 Å². The lowest BCUT2D eigenvalue weighted by atomic mass is 9.98. The van der Waals surface area contributed by atoms with E-state index in [1.807, 2.05) is 42.5 Å². The Morgan fingerprint density at radius 3 is 2.61 bits per heavy atom. The first kappa shape index (κ1) is 22.6. The van der Waals surface area contributed by atoms with Gasteiger partial charge < -0.3 is 4.90 Å². The van der Waals surface area contributed by atoms with Gasteiger partial charge in [-0.3, -0.25) is 14.2 Å². The standard InChI is InChI=1S/C24H26N4O2S/c1-4-17(2)18-10-12-19(13-11-18)28-23(30)20-8-5-6-9-21(20)26-24(28)31-16-22(29)27(3)15-7-14-25/h5-6,8-13,17H,4,7,15-16H2,1-3H3. The van der Waals surface area contributed by atoms with Crippen LogP contribution in [0.5, 0.6) is 0 Å². The number of rotatable bonds is 8. The molecule has 0 aliphatic rings. The van der Waals surface area contributed by atoms with E-state index in [1.165, 1.54) is 22.2 Å². The molecule has 0 N–H and O–H groups in total. The van der Waals surface area contributed by atoms with Crippen molar-refractivity contribution in [3.63, 3.8) is 0 Å². The molecule has 3 aromatic rings. The molecule has 1 unspecified atom stereocenters. The molecule has 2 aromatic carbocycles. The number of amides is 1. The molecule has 0 fully saturated rings. The van der Waals surface area contributed by atoms with E-state index in [0.29, 0.717) is 28.5 Å². The molecule has 0 saturated heterocycles. The zero-order valence-corrected chi connectivity index (χ0v) is 18.9. The van der Waals surface area contributed by atoms with Gasteiger partial charge in [0.25, 0.3) is 5.56 Å². The lowest BCUT2D eigenvalue weighted by Gasteiger charge is -2.17. The van der Waals surface area contributed by atoms with Crippen LogP contribution in [-0.2, 0) is 4.79 Å². The predicted octanol–water partition coefficient (Wildman–Crippen LogP) is 4.36. The van der Waals surface area contributed by atoms with Gasteiger partial charge in [-0.05, 0) is 42.2 Å². The number of thioether (sulfide) groups is 1. The van der Waals surface area contributed by atoms with Crippen molar-refractivity contribution < 1.29 is 4.79 Å². The van der Waals surface area contributed by atoms with E-state index in [2.05, 4.69) is 18.8 Å². The van der Waals surface area contributed by atoms with Crippen LogP contribution >= 0.6 is 11.8 Å². The summed E-state index contributed by atoms with van der Waals surface area (Å²) in [6, 6.07) is 17.2. The second-order valence-corrected chi connectivity index (χ2v) is 8.41. The van der Waals surface area contributed by atoms with Crippen molar-refractivity contribution in [3.8, 4) is 11.8 Å². The summed E-state index contributed by atoms with van der Waals surface area (Å²) in [5, 5.41) is 9.74. The molecule has 1 heterocycles. The first-order chi connectivity index (χ1) is 15.0. The van der Waals surface area contributed by atoms with Crippen molar-refractivity contribution in [3.05, 3.63) is 64.4 Å². The monoisotopic (exact) mass is 434 g/mol. The highest BCUT2D eigenvalue weighted by atomic mass is 32.2. The summed E-state index contributed by atoms with van der Waals surface area (Å²) in [4.78, 5) is 32.0. The van der Waals surface area contributed by atoms with Crippen LogP contribution in [0.1, 0.15) is 38.2 Å². The zero-order valence-electron chi connectivity index (χ0n) is 18.0. The van der Waals surface area contributed by atoms with Gasteiger partial charge in [-0.1, -0.05) is 49.9 Å². The van der Waals surface area contributed by atoms with Crippen LogP contribution < -0.4 is 5.56 Å². The number of carbonyl (C=O) groups excluding carboxylic acids is 1. The first-order valence-electron chi connectivity index (χ1n) is 10.3. The summed E-state index contributed by atoms with van der Waals surface area (Å²) < 4.78 is 1.58. The van der Waals surface area contributed by atoms with Gasteiger partial charge in [-0.2, -0.15) is 5.26 Å². The minimum Gasteiger partial charge on any atom is -0.344 e. The number of hydrogen-bond acceptors (Lipinski definition) is 5. The molecule has 1 atom stereocenters. The molecule has 31 heavy (non-hydrogen) atoms. The van der Waals surface area contributed by atoms with Crippen molar-refractivity contribution in [1.82, 2.24) is 14.5 Å². The van der Waals surface area contributed by atoms with Gasteiger partial charge >= 0.3 is 0 Å². The lowest BCUT2D eigenvalue weighted by molar-refractivity contribution is -0.127. The summed E-state index contributed by atoms with van der Waals surface area (Å²) in [7, 11) is 1.68. The van der Waals surface area contributed by atoms with Gasteiger partial charge in [0.2, 0.25) is 5.91 Å². The molecule has 0 aliphatic heterocycles. The van der Waals surface area contributed by atoms with Crippen molar-refractivity contribution in [2.24, 2.45) is 0 Å². The Morgan fingerprint density at radius 1 is 1.23 bits per heavy atom. The van der Waals surface area contributed by atoms with Gasteiger partial charge in [0.05, 0.1) is 34.8 Å². The highest BCUT2D eigenvalue weighted by Gasteiger charge is 2.16. The second kappa shape index (κ2) is 10.3. The largest absolute Gasteiger partial charge is 0.344 e. The van der Waals surface area contributed by atoms with Gasteiger partial charge in [0.1, 0.15) is 0 Å². The Morgan fingerprint density at radius 2 is 1.94 bits per heavy atom. The smallest absolute Gasteiger partial charge is 0.266 e. The molecule has 1 aromatic heterocycles. The Balaban J connectivity index is 1.99. The number of para-hydroxylation sites is 1. The van der Waals surface area contributed by atoms with E-state index in [1.54, 1.807) is 23.7 Å². The van der Waals surface area contributed by atoms with Crippen LogP contribution in [0, 0.1) is 11.3 Å². The van der Waals surface area contributed by atoms with E-state index in [-0.39, 0.29) is 23.6 Å². The van der Waals surface area contributed by atoms with Crippen LogP contribution in [0.4, 0.5) is 0 Å². The van der Waals surface area contributed by atoms with E-state index in [0.717, 1.165) is 12.1 Å². The molecule has 0 aliphatic carbocycles. The Labute approximate surface area is 186 Å². The third-order valence-corrected chi connectivity index (χ3v) is 6.31. The molecular formula is C24H26N4O2S. The van der Waals surface area contributed by atoms with Gasteiger partial charge in [-0.25, -0.2) is 4.98 Å². The number of nitriles is 1. The van der Waals surface area contributed by atoms with Crippen molar-refractivity contribution in [2.45, 2.75) is 37.8 Å². The average molecular weight is 435 g/mol. The zero-order chi connectivity index (χ0) is 22.4. The highest BCUT2D eigenvalue weighted by Crippen LogP contribution is 2.24. The molecule has 3 rings (SSSR count). The third-order valence-electron chi connectivity index (χ3n) is 5.39. The molecule has 7 heteroatoms. The number of nitrogens with zero attached hydrogens (tertiary/aromatic N) is 4. The van der Waals surface area contributed by atoms with Crippen LogP contribution in [0.25, 0.3) is 16.6 Å². The molecular weight excluding hydrogens is 408 g/mol. The van der Waals surface area contributed by atoms with Gasteiger partial charge in [0.15, 0.2) is 5.16 Å². The SMILES string of the molecule is CCC(C)c1ccc(-n2c(SCC(=O)N(C)CCC#N)nc3ccccc3c2=O)cc1. The van der Waals surface area contributed by atoms with Gasteiger partial charge in [-0.15, -0.1) is 0 Å². The van der Waals surface area contributed by atoms with Crippen molar-refractivity contribution >= 4 is 28.6 Å². The third kappa shape index (κ3) is 5.15. The Hall–Kier alpha value is -3.11. The minimum absolute atomic E-state index is 0.110. The first-order valence-corrected chi connectivity index (χ1v) is 11.3. The maximum atomic E-state index is 13.3. The fraction of sp³-hybridized carbons (Fsp3) is 0.333. The number of fused-ring (bicyclic) bond motifs is 1. The van der Waals surface area contributed by atoms with Crippen LogP contribution in [-0.4, -0.2) is 39.7 Å². The Bertz CT molecular complexity index is 1160. The van der Waals surface area contributed by atoms with Crippen LogP contribution in [0.2, 0.25) is 0 Å². The predicted molar refractivity (Wildman–Crippen MR) is 125 cm³/mol. The number of benzene rings is 2. The minimum atomic E-state index is -0.158. The molecule has 0 saturated carbocycles. The summed E-state index contributed by atoms with van der Waals surface area (Å²) in [6.45, 7) is 4.70. The second-order valence-electron chi connectivity index (χ2n) is 7.47. The fourth-order valence-electron chi connectivity index (χ4n) is 3.20. The molecule has 0 spiro atoms. The van der Waals surface area contributed by atoms with E-state index < -0.39 is 0 Å². The van der Waals surface area contributed by atoms with E-state index in [9.17, 15) is 9.59 Å². The fourth-order valence-corrected chi connectivity index (χ4v) is 4.16. The summed E-state index contributed by atoms with van der Waals surface area (Å²) in [5.41, 5.74) is 2.39. The quantitative estimate of drug-likeness (QED) is 0.389. The number of carbonyl (C=O) groups is 1. The van der Waals surface area contributed by atoms with Crippen molar-refractivity contribution in [1.29, 1.82) is 5.26 Å². The Kier molecular flexibility index (Phi) is 7.48. The maximum Gasteiger partial charge on any atom is 0.266 e. The van der Waals surface area contributed by atoms with Crippen LogP contribution in [0.3, 0.4) is 0 Å². The summed E-state index contributed by atoms with van der Waals surface area (Å²) in [5.74, 6) is 0.467. The summed E-state index contributed by atoms with van der Waals surface area (Å²) >= 11 is 1.23. The molecule has 0 radical (unpaired) electrons. The molecule has 160 valence electrons. The number of aromatic nitrogens is 2. The maximum absolute atomic E-state index is 13.3. The van der Waals surface area contributed by atoms with E-state index in [4.69, 9.17) is 5.26 Å². The number of hydrogen-bond donors (Lipinski definition) is 0. The topological polar surface area (TPSA) is 79.0 Å². The molecule has 6 nitrogen and oxygen atoms in total. The normalized spacial score (nSPS) is 11.8.